The Bertz CT molecular complexity index is 1130. The van der Waals surface area contributed by atoms with Crippen LogP contribution in [0.5, 0.6) is 5.75 Å². The Labute approximate surface area is 146 Å². The zero-order chi connectivity index (χ0) is 17.6. The Hall–Kier alpha value is -2.87. The number of aryl methyl sites for hydroxylation is 1. The van der Waals surface area contributed by atoms with Gasteiger partial charge in [-0.2, -0.15) is 4.52 Å². The standard InChI is InChI=1S/C17H16N4O3S/c1-9-12-8-11(23-3)4-5-13(12)24-15(9)10(2)19-16-20-21-14(22)6-7-18-17(21)25-16/h4-8,10H,1-3H3,(H,19,20). The van der Waals surface area contributed by atoms with Gasteiger partial charge in [-0.3, -0.25) is 4.79 Å². The van der Waals surface area contributed by atoms with Crippen molar-refractivity contribution in [2.75, 3.05) is 12.4 Å². The summed E-state index contributed by atoms with van der Waals surface area (Å²) in [6, 6.07) is 7.01. The minimum Gasteiger partial charge on any atom is -0.497 e. The first kappa shape index (κ1) is 15.6. The van der Waals surface area contributed by atoms with Crippen LogP contribution in [0.2, 0.25) is 0 Å². The molecule has 1 atom stereocenters. The molecule has 0 radical (unpaired) electrons. The molecule has 25 heavy (non-hydrogen) atoms. The molecule has 0 fully saturated rings. The molecule has 0 spiro atoms. The summed E-state index contributed by atoms with van der Waals surface area (Å²) in [5.74, 6) is 1.61. The third-order valence-electron chi connectivity index (χ3n) is 4.08. The summed E-state index contributed by atoms with van der Waals surface area (Å²) >= 11 is 1.32. The number of ether oxygens (including phenoxy) is 1. The third kappa shape index (κ3) is 2.64. The molecule has 0 saturated heterocycles. The van der Waals surface area contributed by atoms with Gasteiger partial charge in [-0.25, -0.2) is 4.98 Å². The first-order valence-corrected chi connectivity index (χ1v) is 8.57. The Balaban J connectivity index is 1.69. The molecule has 4 aromatic rings. The van der Waals surface area contributed by atoms with E-state index in [1.54, 1.807) is 7.11 Å². The van der Waals surface area contributed by atoms with Gasteiger partial charge in [0.1, 0.15) is 17.1 Å². The van der Waals surface area contributed by atoms with Crippen molar-refractivity contribution in [3.8, 4) is 5.75 Å². The smallest absolute Gasteiger partial charge is 0.275 e. The first-order valence-electron chi connectivity index (χ1n) is 7.75. The second-order valence-electron chi connectivity index (χ2n) is 5.70. The summed E-state index contributed by atoms with van der Waals surface area (Å²) in [5.41, 5.74) is 1.66. The quantitative estimate of drug-likeness (QED) is 0.604. The van der Waals surface area contributed by atoms with Gasteiger partial charge < -0.3 is 14.5 Å². The number of aromatic nitrogens is 3. The zero-order valence-electron chi connectivity index (χ0n) is 13.9. The topological polar surface area (TPSA) is 81.7 Å². The molecule has 3 aromatic heterocycles. The molecular weight excluding hydrogens is 340 g/mol. The van der Waals surface area contributed by atoms with E-state index in [0.29, 0.717) is 10.1 Å². The van der Waals surface area contributed by atoms with Gasteiger partial charge in [0.25, 0.3) is 5.56 Å². The summed E-state index contributed by atoms with van der Waals surface area (Å²) in [7, 11) is 1.64. The van der Waals surface area contributed by atoms with Crippen LogP contribution in [0.15, 0.2) is 39.7 Å². The lowest BCUT2D eigenvalue weighted by atomic mass is 10.1. The molecule has 1 N–H and O–H groups in total. The number of rotatable bonds is 4. The molecule has 0 saturated carbocycles. The first-order chi connectivity index (χ1) is 12.1. The fraction of sp³-hybridized carbons (Fsp3) is 0.235. The molecule has 4 rings (SSSR count). The summed E-state index contributed by atoms with van der Waals surface area (Å²) in [4.78, 5) is 16.5. The molecule has 0 aliphatic heterocycles. The van der Waals surface area contributed by atoms with Crippen LogP contribution in [-0.4, -0.2) is 21.7 Å². The summed E-state index contributed by atoms with van der Waals surface area (Å²) in [6.45, 7) is 4.01. The molecule has 0 aliphatic carbocycles. The van der Waals surface area contributed by atoms with Crippen LogP contribution in [0.1, 0.15) is 24.3 Å². The highest BCUT2D eigenvalue weighted by Crippen LogP contribution is 2.33. The molecule has 1 aromatic carbocycles. The van der Waals surface area contributed by atoms with Gasteiger partial charge in [0, 0.05) is 23.2 Å². The number of furan rings is 1. The summed E-state index contributed by atoms with van der Waals surface area (Å²) < 4.78 is 12.6. The molecule has 0 aliphatic rings. The van der Waals surface area contributed by atoms with Crippen LogP contribution >= 0.6 is 11.3 Å². The molecule has 0 bridgehead atoms. The van der Waals surface area contributed by atoms with E-state index in [9.17, 15) is 4.79 Å². The zero-order valence-corrected chi connectivity index (χ0v) is 14.8. The number of nitrogens with zero attached hydrogens (tertiary/aromatic N) is 3. The number of methoxy groups -OCH3 is 1. The number of benzene rings is 1. The van der Waals surface area contributed by atoms with Crippen LogP contribution in [0.4, 0.5) is 5.13 Å². The van der Waals surface area contributed by atoms with Crippen LogP contribution in [0.25, 0.3) is 15.9 Å². The van der Waals surface area contributed by atoms with Gasteiger partial charge >= 0.3 is 0 Å². The van der Waals surface area contributed by atoms with E-state index < -0.39 is 0 Å². The van der Waals surface area contributed by atoms with Crippen molar-refractivity contribution in [3.05, 3.63) is 52.1 Å². The van der Waals surface area contributed by atoms with E-state index in [1.807, 2.05) is 32.0 Å². The van der Waals surface area contributed by atoms with Crippen LogP contribution < -0.4 is 15.6 Å². The lowest BCUT2D eigenvalue weighted by Crippen LogP contribution is -2.13. The van der Waals surface area contributed by atoms with Crippen molar-refractivity contribution >= 4 is 32.4 Å². The number of fused-ring (bicyclic) bond motifs is 2. The predicted octanol–water partition coefficient (Wildman–Crippen LogP) is 3.39. The van der Waals surface area contributed by atoms with Gasteiger partial charge in [0.05, 0.1) is 13.2 Å². The maximum absolute atomic E-state index is 11.8. The Kier molecular flexibility index (Phi) is 3.69. The molecule has 8 heteroatoms. The molecule has 3 heterocycles. The highest BCUT2D eigenvalue weighted by Gasteiger charge is 2.18. The molecule has 1 unspecified atom stereocenters. The maximum Gasteiger partial charge on any atom is 0.275 e. The molecular formula is C17H16N4O3S. The molecule has 128 valence electrons. The average molecular weight is 356 g/mol. The fourth-order valence-corrected chi connectivity index (χ4v) is 3.67. The average Bonchev–Trinajstić information content (AvgIpc) is 3.16. The fourth-order valence-electron chi connectivity index (χ4n) is 2.81. The second kappa shape index (κ2) is 5.89. The van der Waals surface area contributed by atoms with Crippen molar-refractivity contribution in [2.45, 2.75) is 19.9 Å². The van der Waals surface area contributed by atoms with Gasteiger partial charge in [0.2, 0.25) is 10.1 Å². The number of anilines is 1. The van der Waals surface area contributed by atoms with Crippen LogP contribution in [-0.2, 0) is 0 Å². The Morgan fingerprint density at radius 3 is 2.96 bits per heavy atom. The lowest BCUT2D eigenvalue weighted by Gasteiger charge is -2.10. The van der Waals surface area contributed by atoms with Crippen molar-refractivity contribution in [2.24, 2.45) is 0 Å². The van der Waals surface area contributed by atoms with Gasteiger partial charge in [-0.1, -0.05) is 11.3 Å². The largest absolute Gasteiger partial charge is 0.497 e. The summed E-state index contributed by atoms with van der Waals surface area (Å²) in [6.07, 6.45) is 1.49. The van der Waals surface area contributed by atoms with E-state index in [0.717, 1.165) is 28.0 Å². The van der Waals surface area contributed by atoms with Crippen molar-refractivity contribution in [1.82, 2.24) is 14.6 Å². The van der Waals surface area contributed by atoms with E-state index in [-0.39, 0.29) is 11.6 Å². The molecule has 0 amide bonds. The van der Waals surface area contributed by atoms with E-state index in [2.05, 4.69) is 15.4 Å². The van der Waals surface area contributed by atoms with Gasteiger partial charge in [-0.05, 0) is 32.0 Å². The maximum atomic E-state index is 11.8. The van der Waals surface area contributed by atoms with Crippen LogP contribution in [0.3, 0.4) is 0 Å². The minimum atomic E-state index is -0.200. The third-order valence-corrected chi connectivity index (χ3v) is 4.94. The normalized spacial score (nSPS) is 12.6. The van der Waals surface area contributed by atoms with Gasteiger partial charge in [-0.15, -0.1) is 5.10 Å². The van der Waals surface area contributed by atoms with E-state index in [1.165, 1.54) is 28.1 Å². The highest BCUT2D eigenvalue weighted by atomic mass is 32.1. The van der Waals surface area contributed by atoms with Crippen molar-refractivity contribution in [1.29, 1.82) is 0 Å². The predicted molar refractivity (Wildman–Crippen MR) is 96.7 cm³/mol. The van der Waals surface area contributed by atoms with E-state index >= 15 is 0 Å². The SMILES string of the molecule is COc1ccc2oc(C(C)Nc3nn4c(=O)ccnc4s3)c(C)c2c1. The highest BCUT2D eigenvalue weighted by molar-refractivity contribution is 7.20. The number of hydrogen-bond acceptors (Lipinski definition) is 7. The second-order valence-corrected chi connectivity index (χ2v) is 6.66. The van der Waals surface area contributed by atoms with Crippen molar-refractivity contribution < 1.29 is 9.15 Å². The number of nitrogens with one attached hydrogen (secondary N) is 1. The van der Waals surface area contributed by atoms with Crippen LogP contribution in [0, 0.1) is 6.92 Å². The monoisotopic (exact) mass is 356 g/mol. The Morgan fingerprint density at radius 1 is 1.36 bits per heavy atom. The lowest BCUT2D eigenvalue weighted by molar-refractivity contribution is 0.415. The Morgan fingerprint density at radius 2 is 2.20 bits per heavy atom. The molecule has 7 nitrogen and oxygen atoms in total. The van der Waals surface area contributed by atoms with Gasteiger partial charge in [0.15, 0.2) is 0 Å². The van der Waals surface area contributed by atoms with Crippen molar-refractivity contribution in [3.63, 3.8) is 0 Å². The summed E-state index contributed by atoms with van der Waals surface area (Å²) in [5, 5.41) is 9.19. The minimum absolute atomic E-state index is 0.116. The number of hydrogen-bond donors (Lipinski definition) is 1. The van der Waals surface area contributed by atoms with E-state index in [4.69, 9.17) is 9.15 Å².